The summed E-state index contributed by atoms with van der Waals surface area (Å²) in [4.78, 5) is 14.9. The molecule has 1 N–H and O–H groups in total. The van der Waals surface area contributed by atoms with Crippen molar-refractivity contribution in [1.82, 2.24) is 4.98 Å². The molecule has 0 radical (unpaired) electrons. The molecular formula is C16H13F5N2OS. The third-order valence-corrected chi connectivity index (χ3v) is 4.73. The Morgan fingerprint density at radius 1 is 1.12 bits per heavy atom. The summed E-state index contributed by atoms with van der Waals surface area (Å²) in [6.07, 6.45) is 0. The second kappa shape index (κ2) is 7.38. The second-order valence-corrected chi connectivity index (χ2v) is 6.76. The van der Waals surface area contributed by atoms with Crippen molar-refractivity contribution in [3.05, 3.63) is 53.5 Å². The van der Waals surface area contributed by atoms with Crippen molar-refractivity contribution in [3.63, 3.8) is 0 Å². The van der Waals surface area contributed by atoms with Crippen molar-refractivity contribution < 1.29 is 26.7 Å². The highest BCUT2D eigenvalue weighted by Gasteiger charge is 2.30. The summed E-state index contributed by atoms with van der Waals surface area (Å²) in [6, 6.07) is 3.92. The van der Waals surface area contributed by atoms with Crippen molar-refractivity contribution in [2.75, 3.05) is 11.1 Å². The van der Waals surface area contributed by atoms with Gasteiger partial charge in [0.15, 0.2) is 23.3 Å². The van der Waals surface area contributed by atoms with E-state index in [1.807, 2.05) is 0 Å². The van der Waals surface area contributed by atoms with Crippen molar-refractivity contribution in [3.8, 4) is 0 Å². The summed E-state index contributed by atoms with van der Waals surface area (Å²) in [5.74, 6) is -7.69. The molecule has 2 aromatic rings. The van der Waals surface area contributed by atoms with Crippen LogP contribution in [0.25, 0.3) is 0 Å². The van der Waals surface area contributed by atoms with E-state index in [9.17, 15) is 26.7 Å². The minimum absolute atomic E-state index is 0.0303. The molecule has 0 spiro atoms. The molecular weight excluding hydrogens is 363 g/mol. The van der Waals surface area contributed by atoms with Crippen LogP contribution in [-0.2, 0) is 4.79 Å². The molecule has 1 aromatic heterocycles. The SMILES string of the molecule is CC(C)(CSc1c(F)c(F)cc(F)c1F)C(=O)Nc1cccc(F)n1. The Morgan fingerprint density at radius 2 is 1.72 bits per heavy atom. The van der Waals surface area contributed by atoms with Crippen LogP contribution in [0.5, 0.6) is 0 Å². The quantitative estimate of drug-likeness (QED) is 0.361. The number of hydrogen-bond acceptors (Lipinski definition) is 3. The number of pyridine rings is 1. The number of anilines is 1. The lowest BCUT2D eigenvalue weighted by molar-refractivity contribution is -0.122. The molecule has 0 aliphatic heterocycles. The van der Waals surface area contributed by atoms with Crippen LogP contribution in [0.2, 0.25) is 0 Å². The van der Waals surface area contributed by atoms with Gasteiger partial charge in [-0.3, -0.25) is 4.79 Å². The first-order chi connectivity index (χ1) is 11.6. The molecule has 0 aliphatic carbocycles. The highest BCUT2D eigenvalue weighted by molar-refractivity contribution is 7.99. The van der Waals surface area contributed by atoms with Gasteiger partial charge in [0, 0.05) is 11.8 Å². The lowest BCUT2D eigenvalue weighted by Crippen LogP contribution is -2.33. The molecule has 0 bridgehead atoms. The molecule has 0 atom stereocenters. The predicted octanol–water partition coefficient (Wildman–Crippen LogP) is 4.53. The molecule has 9 heteroatoms. The van der Waals surface area contributed by atoms with Crippen LogP contribution in [-0.4, -0.2) is 16.6 Å². The summed E-state index contributed by atoms with van der Waals surface area (Å²) < 4.78 is 66.7. The van der Waals surface area contributed by atoms with Crippen molar-refractivity contribution >= 4 is 23.5 Å². The topological polar surface area (TPSA) is 42.0 Å². The van der Waals surface area contributed by atoms with E-state index in [1.165, 1.54) is 26.0 Å². The molecule has 0 aliphatic rings. The zero-order valence-corrected chi connectivity index (χ0v) is 14.0. The number of rotatable bonds is 5. The monoisotopic (exact) mass is 376 g/mol. The van der Waals surface area contributed by atoms with Crippen molar-refractivity contribution in [1.29, 1.82) is 0 Å². The van der Waals surface area contributed by atoms with Gasteiger partial charge in [-0.15, -0.1) is 11.8 Å². The van der Waals surface area contributed by atoms with Gasteiger partial charge in [-0.1, -0.05) is 19.9 Å². The molecule has 25 heavy (non-hydrogen) atoms. The molecule has 0 saturated heterocycles. The van der Waals surface area contributed by atoms with Gasteiger partial charge in [-0.25, -0.2) is 22.5 Å². The van der Waals surface area contributed by atoms with E-state index in [0.717, 1.165) is 6.07 Å². The Morgan fingerprint density at radius 3 is 2.28 bits per heavy atom. The number of carbonyl (C=O) groups excluding carboxylic acids is 1. The number of halogens is 5. The van der Waals surface area contributed by atoms with Crippen LogP contribution in [0, 0.1) is 34.6 Å². The number of aromatic nitrogens is 1. The van der Waals surface area contributed by atoms with Crippen LogP contribution in [0.3, 0.4) is 0 Å². The molecule has 0 fully saturated rings. The van der Waals surface area contributed by atoms with Crippen LogP contribution < -0.4 is 5.32 Å². The van der Waals surface area contributed by atoms with Crippen molar-refractivity contribution in [2.24, 2.45) is 5.41 Å². The molecule has 1 aromatic carbocycles. The van der Waals surface area contributed by atoms with E-state index in [2.05, 4.69) is 10.3 Å². The number of benzene rings is 1. The highest BCUT2D eigenvalue weighted by atomic mass is 32.2. The maximum atomic E-state index is 13.7. The first-order valence-corrected chi connectivity index (χ1v) is 8.00. The number of amides is 1. The van der Waals surface area contributed by atoms with Gasteiger partial charge < -0.3 is 5.32 Å². The maximum absolute atomic E-state index is 13.7. The van der Waals surface area contributed by atoms with E-state index < -0.39 is 45.4 Å². The average Bonchev–Trinajstić information content (AvgIpc) is 2.53. The fourth-order valence-electron chi connectivity index (χ4n) is 1.76. The summed E-state index contributed by atoms with van der Waals surface area (Å²) in [6.45, 7) is 2.92. The third-order valence-electron chi connectivity index (χ3n) is 3.22. The molecule has 134 valence electrons. The first-order valence-electron chi connectivity index (χ1n) is 7.01. The zero-order valence-electron chi connectivity index (χ0n) is 13.2. The average molecular weight is 376 g/mol. The van der Waals surface area contributed by atoms with E-state index >= 15 is 0 Å². The normalized spacial score (nSPS) is 11.5. The van der Waals surface area contributed by atoms with E-state index in [-0.39, 0.29) is 17.6 Å². The largest absolute Gasteiger partial charge is 0.310 e. The van der Waals surface area contributed by atoms with Gasteiger partial charge in [0.25, 0.3) is 0 Å². The van der Waals surface area contributed by atoms with Gasteiger partial charge in [-0.2, -0.15) is 4.39 Å². The van der Waals surface area contributed by atoms with Crippen molar-refractivity contribution in [2.45, 2.75) is 18.7 Å². The summed E-state index contributed by atoms with van der Waals surface area (Å²) in [7, 11) is 0. The van der Waals surface area contributed by atoms with Crippen LogP contribution in [0.1, 0.15) is 13.8 Å². The Labute approximate surface area is 144 Å². The fraction of sp³-hybridized carbons (Fsp3) is 0.250. The second-order valence-electron chi connectivity index (χ2n) is 5.77. The first kappa shape index (κ1) is 19.2. The lowest BCUT2D eigenvalue weighted by Gasteiger charge is -2.23. The number of hydrogen-bond donors (Lipinski definition) is 1. The van der Waals surface area contributed by atoms with E-state index in [1.54, 1.807) is 0 Å². The Bertz CT molecular complexity index is 787. The van der Waals surface area contributed by atoms with Gasteiger partial charge in [0.1, 0.15) is 5.82 Å². The van der Waals surface area contributed by atoms with Crippen LogP contribution in [0.15, 0.2) is 29.2 Å². The summed E-state index contributed by atoms with van der Waals surface area (Å²) in [5, 5.41) is 2.37. The number of nitrogens with one attached hydrogen (secondary N) is 1. The molecule has 1 heterocycles. The Balaban J connectivity index is 2.12. The number of thioether (sulfide) groups is 1. The molecule has 3 nitrogen and oxygen atoms in total. The molecule has 2 rings (SSSR count). The summed E-state index contributed by atoms with van der Waals surface area (Å²) >= 11 is 0.466. The van der Waals surface area contributed by atoms with E-state index in [4.69, 9.17) is 0 Å². The predicted molar refractivity (Wildman–Crippen MR) is 83.6 cm³/mol. The highest BCUT2D eigenvalue weighted by Crippen LogP contribution is 2.34. The Kier molecular flexibility index (Phi) is 5.66. The van der Waals surface area contributed by atoms with Gasteiger partial charge >= 0.3 is 0 Å². The molecule has 0 unspecified atom stereocenters. The summed E-state index contributed by atoms with van der Waals surface area (Å²) in [5.41, 5.74) is -1.19. The van der Waals surface area contributed by atoms with Gasteiger partial charge in [0.05, 0.1) is 10.3 Å². The fourth-order valence-corrected chi connectivity index (χ4v) is 2.84. The number of carbonyl (C=O) groups is 1. The zero-order chi connectivity index (χ0) is 18.8. The van der Waals surface area contributed by atoms with Gasteiger partial charge in [0.2, 0.25) is 11.9 Å². The standard InChI is InChI=1S/C16H13F5N2OS/c1-16(2,15(24)23-11-5-3-4-10(19)22-11)7-25-14-12(20)8(17)6-9(18)13(14)21/h3-6H,7H2,1-2H3,(H,22,23,24). The van der Waals surface area contributed by atoms with E-state index in [0.29, 0.717) is 11.8 Å². The molecule has 1 amide bonds. The Hall–Kier alpha value is -2.16. The van der Waals surface area contributed by atoms with Gasteiger partial charge in [-0.05, 0) is 12.1 Å². The number of nitrogens with zero attached hydrogens (tertiary/aromatic N) is 1. The van der Waals surface area contributed by atoms with Crippen LogP contribution in [0.4, 0.5) is 27.8 Å². The van der Waals surface area contributed by atoms with Crippen LogP contribution >= 0.6 is 11.8 Å². The maximum Gasteiger partial charge on any atom is 0.232 e. The minimum Gasteiger partial charge on any atom is -0.310 e. The molecule has 0 saturated carbocycles. The lowest BCUT2D eigenvalue weighted by atomic mass is 9.95. The smallest absolute Gasteiger partial charge is 0.232 e. The minimum atomic E-state index is -1.52. The third kappa shape index (κ3) is 4.47.